The lowest BCUT2D eigenvalue weighted by molar-refractivity contribution is 0.0547. The smallest absolute Gasteiger partial charge is 0.254 e. The molecular weight excluding hydrogens is 356 g/mol. The first-order chi connectivity index (χ1) is 13.0. The van der Waals surface area contributed by atoms with E-state index in [0.717, 1.165) is 37.8 Å². The van der Waals surface area contributed by atoms with Crippen molar-refractivity contribution in [2.75, 3.05) is 12.3 Å². The Kier molecular flexibility index (Phi) is 4.90. The van der Waals surface area contributed by atoms with E-state index in [2.05, 4.69) is 43.0 Å². The van der Waals surface area contributed by atoms with Gasteiger partial charge in [0.15, 0.2) is 0 Å². The maximum Gasteiger partial charge on any atom is 0.254 e. The van der Waals surface area contributed by atoms with E-state index < -0.39 is 0 Å². The Morgan fingerprint density at radius 3 is 2.78 bits per heavy atom. The van der Waals surface area contributed by atoms with E-state index in [1.54, 1.807) is 6.07 Å². The number of benzene rings is 2. The van der Waals surface area contributed by atoms with Gasteiger partial charge >= 0.3 is 0 Å². The number of amides is 1. The van der Waals surface area contributed by atoms with Crippen molar-refractivity contribution >= 4 is 23.2 Å². The van der Waals surface area contributed by atoms with Gasteiger partial charge in [-0.3, -0.25) is 4.79 Å². The van der Waals surface area contributed by atoms with Crippen LogP contribution in [0, 0.1) is 0 Å². The second-order valence-corrected chi connectivity index (χ2v) is 8.55. The summed E-state index contributed by atoms with van der Waals surface area (Å²) in [4.78, 5) is 15.5. The second kappa shape index (κ2) is 7.20. The number of piperidine rings is 1. The molecule has 2 atom stereocenters. The molecule has 0 radical (unpaired) electrons. The lowest BCUT2D eigenvalue weighted by Gasteiger charge is -2.45. The molecule has 0 bridgehead atoms. The van der Waals surface area contributed by atoms with E-state index in [1.165, 1.54) is 11.1 Å². The Balaban J connectivity index is 1.67. The van der Waals surface area contributed by atoms with Crippen molar-refractivity contribution in [2.45, 2.75) is 57.4 Å². The van der Waals surface area contributed by atoms with Crippen LogP contribution in [-0.2, 0) is 6.42 Å². The standard InChI is InChI=1S/C23H27ClN2O/c1-14(2)19-12-16(13-20(25)22(19)24)23(27)26-11-5-8-18-17-7-4-3-6-15(17)9-10-21(18)26/h3-4,6-7,12-14,18,21H,5,8-11,25H2,1-2H3. The monoisotopic (exact) mass is 382 g/mol. The average Bonchev–Trinajstić information content (AvgIpc) is 2.68. The highest BCUT2D eigenvalue weighted by Gasteiger charge is 2.38. The van der Waals surface area contributed by atoms with Gasteiger partial charge in [-0.15, -0.1) is 0 Å². The highest BCUT2D eigenvalue weighted by Crippen LogP contribution is 2.41. The van der Waals surface area contributed by atoms with Gasteiger partial charge in [0.1, 0.15) is 0 Å². The van der Waals surface area contributed by atoms with Crippen LogP contribution in [-0.4, -0.2) is 23.4 Å². The predicted molar refractivity (Wildman–Crippen MR) is 112 cm³/mol. The van der Waals surface area contributed by atoms with E-state index in [1.807, 2.05) is 6.07 Å². The van der Waals surface area contributed by atoms with Crippen molar-refractivity contribution in [3.05, 3.63) is 63.7 Å². The number of anilines is 1. The molecule has 2 aliphatic rings. The summed E-state index contributed by atoms with van der Waals surface area (Å²) in [5, 5.41) is 0.574. The molecule has 0 saturated carbocycles. The van der Waals surface area contributed by atoms with Crippen LogP contribution in [0.2, 0.25) is 5.02 Å². The second-order valence-electron chi connectivity index (χ2n) is 8.18. The van der Waals surface area contributed by atoms with Crippen molar-refractivity contribution in [1.29, 1.82) is 0 Å². The van der Waals surface area contributed by atoms with Crippen LogP contribution in [0.15, 0.2) is 36.4 Å². The summed E-state index contributed by atoms with van der Waals surface area (Å²) < 4.78 is 0. The van der Waals surface area contributed by atoms with Crippen LogP contribution in [0.3, 0.4) is 0 Å². The number of carbonyl (C=O) groups excluding carboxylic acids is 1. The summed E-state index contributed by atoms with van der Waals surface area (Å²) in [5.74, 6) is 0.763. The van der Waals surface area contributed by atoms with Crippen LogP contribution >= 0.6 is 11.6 Å². The van der Waals surface area contributed by atoms with Gasteiger partial charge < -0.3 is 10.6 Å². The highest BCUT2D eigenvalue weighted by molar-refractivity contribution is 6.34. The molecule has 2 aromatic rings. The minimum absolute atomic E-state index is 0.0920. The molecule has 1 saturated heterocycles. The SMILES string of the molecule is CC(C)c1cc(C(=O)N2CCCC3c4ccccc4CCC32)cc(N)c1Cl. The number of hydrogen-bond donors (Lipinski definition) is 1. The number of carbonyl (C=O) groups is 1. The van der Waals surface area contributed by atoms with Crippen molar-refractivity contribution in [3.8, 4) is 0 Å². The zero-order chi connectivity index (χ0) is 19.1. The van der Waals surface area contributed by atoms with Crippen LogP contribution in [0.4, 0.5) is 5.69 Å². The van der Waals surface area contributed by atoms with E-state index in [-0.39, 0.29) is 17.9 Å². The molecular formula is C23H27ClN2O. The third-order valence-corrected chi connectivity index (χ3v) is 6.64. The molecule has 4 rings (SSSR count). The minimum atomic E-state index is 0.0920. The molecule has 1 heterocycles. The Labute approximate surface area is 166 Å². The van der Waals surface area contributed by atoms with Crippen LogP contribution < -0.4 is 5.73 Å². The van der Waals surface area contributed by atoms with Gasteiger partial charge in [-0.25, -0.2) is 0 Å². The Morgan fingerprint density at radius 1 is 1.22 bits per heavy atom. The molecule has 1 aliphatic carbocycles. The molecule has 2 unspecified atom stereocenters. The van der Waals surface area contributed by atoms with E-state index in [9.17, 15) is 4.79 Å². The summed E-state index contributed by atoms with van der Waals surface area (Å²) in [5.41, 5.74) is 11.1. The molecule has 2 aromatic carbocycles. The van der Waals surface area contributed by atoms with Crippen molar-refractivity contribution < 1.29 is 4.79 Å². The quantitative estimate of drug-likeness (QED) is 0.708. The molecule has 0 spiro atoms. The maximum atomic E-state index is 13.4. The lowest BCUT2D eigenvalue weighted by atomic mass is 9.74. The van der Waals surface area contributed by atoms with Crippen molar-refractivity contribution in [3.63, 3.8) is 0 Å². The predicted octanol–water partition coefficient (Wildman–Crippen LogP) is 5.38. The van der Waals surface area contributed by atoms with Gasteiger partial charge in [0.05, 0.1) is 10.7 Å². The largest absolute Gasteiger partial charge is 0.397 e. The third kappa shape index (κ3) is 3.23. The number of aryl methyl sites for hydroxylation is 1. The number of rotatable bonds is 2. The van der Waals surface area contributed by atoms with Crippen LogP contribution in [0.25, 0.3) is 0 Å². The molecule has 1 aliphatic heterocycles. The summed E-state index contributed by atoms with van der Waals surface area (Å²) in [6.45, 7) is 4.97. The fraction of sp³-hybridized carbons (Fsp3) is 0.435. The first kappa shape index (κ1) is 18.4. The van der Waals surface area contributed by atoms with Crippen LogP contribution in [0.1, 0.15) is 72.0 Å². The fourth-order valence-corrected chi connectivity index (χ4v) is 5.16. The molecule has 0 aromatic heterocycles. The number of nitrogens with two attached hydrogens (primary N) is 1. The van der Waals surface area contributed by atoms with Gasteiger partial charge in [0.25, 0.3) is 5.91 Å². The maximum absolute atomic E-state index is 13.4. The lowest BCUT2D eigenvalue weighted by Crippen LogP contribution is -2.49. The summed E-state index contributed by atoms with van der Waals surface area (Å²) in [6, 6.07) is 12.7. The van der Waals surface area contributed by atoms with E-state index >= 15 is 0 Å². The number of nitrogens with zero attached hydrogens (tertiary/aromatic N) is 1. The van der Waals surface area contributed by atoms with E-state index in [4.69, 9.17) is 17.3 Å². The summed E-state index contributed by atoms with van der Waals surface area (Å²) >= 11 is 6.37. The summed E-state index contributed by atoms with van der Waals surface area (Å²) in [6.07, 6.45) is 4.28. The Hall–Kier alpha value is -2.00. The molecule has 27 heavy (non-hydrogen) atoms. The molecule has 4 heteroatoms. The Morgan fingerprint density at radius 2 is 2.00 bits per heavy atom. The molecule has 2 N–H and O–H groups in total. The molecule has 1 fully saturated rings. The van der Waals surface area contributed by atoms with Gasteiger partial charge in [-0.2, -0.15) is 0 Å². The molecule has 142 valence electrons. The third-order valence-electron chi connectivity index (χ3n) is 6.20. The average molecular weight is 383 g/mol. The number of hydrogen-bond acceptors (Lipinski definition) is 2. The van der Waals surface area contributed by atoms with Gasteiger partial charge in [-0.05, 0) is 60.4 Å². The first-order valence-electron chi connectivity index (χ1n) is 9.95. The van der Waals surface area contributed by atoms with Gasteiger partial charge in [0.2, 0.25) is 0 Å². The van der Waals surface area contributed by atoms with Crippen molar-refractivity contribution in [2.24, 2.45) is 0 Å². The number of halogens is 1. The van der Waals surface area contributed by atoms with Gasteiger partial charge in [0, 0.05) is 24.1 Å². The normalized spacial score (nSPS) is 21.7. The highest BCUT2D eigenvalue weighted by atomic mass is 35.5. The molecule has 1 amide bonds. The minimum Gasteiger partial charge on any atom is -0.397 e. The van der Waals surface area contributed by atoms with Crippen molar-refractivity contribution in [1.82, 2.24) is 4.90 Å². The first-order valence-corrected chi connectivity index (χ1v) is 10.3. The van der Waals surface area contributed by atoms with Gasteiger partial charge in [-0.1, -0.05) is 49.7 Å². The zero-order valence-corrected chi connectivity index (χ0v) is 16.8. The molecule has 3 nitrogen and oxygen atoms in total. The van der Waals surface area contributed by atoms with E-state index in [0.29, 0.717) is 22.2 Å². The number of fused-ring (bicyclic) bond motifs is 3. The Bertz CT molecular complexity index is 877. The zero-order valence-electron chi connectivity index (χ0n) is 16.0. The number of nitrogen functional groups attached to an aromatic ring is 1. The number of likely N-dealkylation sites (tertiary alicyclic amines) is 1. The summed E-state index contributed by atoms with van der Waals surface area (Å²) in [7, 11) is 0. The van der Waals surface area contributed by atoms with Crippen LogP contribution in [0.5, 0.6) is 0 Å². The fourth-order valence-electron chi connectivity index (χ4n) is 4.84. The topological polar surface area (TPSA) is 46.3 Å².